The second kappa shape index (κ2) is 8.52. The standard InChI is InChI=1S/C15H22ClN3O2/c1-4-19(5-2)15(21)17-9-8-14(20)18-13-7-6-11(3)10-12(13)16/h6-7,10H,4-5,8-9H2,1-3H3,(H,17,21)(H,18,20). The lowest BCUT2D eigenvalue weighted by Gasteiger charge is -2.19. The number of hydrogen-bond acceptors (Lipinski definition) is 2. The van der Waals surface area contributed by atoms with Gasteiger partial charge in [-0.15, -0.1) is 0 Å². The van der Waals surface area contributed by atoms with E-state index in [1.54, 1.807) is 17.0 Å². The third-order valence-electron chi connectivity index (χ3n) is 3.08. The summed E-state index contributed by atoms with van der Waals surface area (Å²) < 4.78 is 0. The van der Waals surface area contributed by atoms with Crippen LogP contribution in [0.2, 0.25) is 5.02 Å². The third-order valence-corrected chi connectivity index (χ3v) is 3.39. The summed E-state index contributed by atoms with van der Waals surface area (Å²) in [6, 6.07) is 5.29. The molecule has 6 heteroatoms. The van der Waals surface area contributed by atoms with Crippen LogP contribution in [0.4, 0.5) is 10.5 Å². The fourth-order valence-corrected chi connectivity index (χ4v) is 2.12. The van der Waals surface area contributed by atoms with Crippen LogP contribution in [0, 0.1) is 6.92 Å². The van der Waals surface area contributed by atoms with Crippen LogP contribution in [-0.2, 0) is 4.79 Å². The minimum absolute atomic E-state index is 0.152. The van der Waals surface area contributed by atoms with Crippen molar-refractivity contribution in [1.29, 1.82) is 0 Å². The Morgan fingerprint density at radius 2 is 1.90 bits per heavy atom. The Morgan fingerprint density at radius 3 is 2.48 bits per heavy atom. The molecule has 116 valence electrons. The van der Waals surface area contributed by atoms with Gasteiger partial charge in [-0.2, -0.15) is 0 Å². The number of urea groups is 1. The van der Waals surface area contributed by atoms with Gasteiger partial charge < -0.3 is 15.5 Å². The topological polar surface area (TPSA) is 61.4 Å². The van der Waals surface area contributed by atoms with Crippen LogP contribution in [0.1, 0.15) is 25.8 Å². The summed E-state index contributed by atoms with van der Waals surface area (Å²) in [5, 5.41) is 5.96. The summed E-state index contributed by atoms with van der Waals surface area (Å²) in [6.07, 6.45) is 0.206. The number of carbonyl (C=O) groups excluding carboxylic acids is 2. The maximum atomic E-state index is 11.8. The average molecular weight is 312 g/mol. The van der Waals surface area contributed by atoms with Crippen molar-refractivity contribution >= 4 is 29.2 Å². The number of hydrogen-bond donors (Lipinski definition) is 2. The number of anilines is 1. The fourth-order valence-electron chi connectivity index (χ4n) is 1.84. The highest BCUT2D eigenvalue weighted by Crippen LogP contribution is 2.22. The minimum atomic E-state index is -0.180. The summed E-state index contributed by atoms with van der Waals surface area (Å²) in [5.41, 5.74) is 1.62. The number of halogens is 1. The van der Waals surface area contributed by atoms with Gasteiger partial charge in [-0.05, 0) is 38.5 Å². The van der Waals surface area contributed by atoms with Gasteiger partial charge in [0.15, 0.2) is 0 Å². The lowest BCUT2D eigenvalue weighted by Crippen LogP contribution is -2.40. The number of nitrogens with one attached hydrogen (secondary N) is 2. The number of carbonyl (C=O) groups is 2. The first kappa shape index (κ1) is 17.3. The summed E-state index contributed by atoms with van der Waals surface area (Å²) in [6.45, 7) is 7.34. The zero-order valence-electron chi connectivity index (χ0n) is 12.7. The molecule has 0 saturated heterocycles. The second-order valence-electron chi connectivity index (χ2n) is 4.69. The zero-order chi connectivity index (χ0) is 15.8. The molecular weight excluding hydrogens is 290 g/mol. The van der Waals surface area contributed by atoms with E-state index in [1.807, 2.05) is 26.8 Å². The van der Waals surface area contributed by atoms with Crippen molar-refractivity contribution in [2.75, 3.05) is 25.0 Å². The molecule has 0 saturated carbocycles. The number of nitrogens with zero attached hydrogens (tertiary/aromatic N) is 1. The Labute approximate surface area is 130 Å². The Hall–Kier alpha value is -1.75. The van der Waals surface area contributed by atoms with Gasteiger partial charge in [-0.1, -0.05) is 17.7 Å². The monoisotopic (exact) mass is 311 g/mol. The van der Waals surface area contributed by atoms with Crippen molar-refractivity contribution in [2.24, 2.45) is 0 Å². The van der Waals surface area contributed by atoms with E-state index in [1.165, 1.54) is 0 Å². The Morgan fingerprint density at radius 1 is 1.24 bits per heavy atom. The number of rotatable bonds is 6. The maximum Gasteiger partial charge on any atom is 0.317 e. The van der Waals surface area contributed by atoms with Crippen molar-refractivity contribution in [2.45, 2.75) is 27.2 Å². The quantitative estimate of drug-likeness (QED) is 0.848. The molecule has 21 heavy (non-hydrogen) atoms. The maximum absolute atomic E-state index is 11.8. The largest absolute Gasteiger partial charge is 0.337 e. The molecule has 0 aliphatic carbocycles. The molecule has 0 unspecified atom stereocenters. The van der Waals surface area contributed by atoms with Crippen LogP contribution in [0.15, 0.2) is 18.2 Å². The van der Waals surface area contributed by atoms with E-state index in [4.69, 9.17) is 11.6 Å². The zero-order valence-corrected chi connectivity index (χ0v) is 13.5. The van der Waals surface area contributed by atoms with E-state index >= 15 is 0 Å². The SMILES string of the molecule is CCN(CC)C(=O)NCCC(=O)Nc1ccc(C)cc1Cl. The summed E-state index contributed by atoms with van der Waals surface area (Å²) in [5.74, 6) is -0.180. The molecule has 3 amide bonds. The van der Waals surface area contributed by atoms with Crippen molar-refractivity contribution in [3.05, 3.63) is 28.8 Å². The van der Waals surface area contributed by atoms with Crippen LogP contribution >= 0.6 is 11.6 Å². The number of amides is 3. The van der Waals surface area contributed by atoms with Gasteiger partial charge >= 0.3 is 6.03 Å². The highest BCUT2D eigenvalue weighted by atomic mass is 35.5. The predicted molar refractivity (Wildman–Crippen MR) is 85.8 cm³/mol. The third kappa shape index (κ3) is 5.63. The van der Waals surface area contributed by atoms with Crippen molar-refractivity contribution < 1.29 is 9.59 Å². The smallest absolute Gasteiger partial charge is 0.317 e. The van der Waals surface area contributed by atoms with Gasteiger partial charge in [0.1, 0.15) is 0 Å². The number of benzene rings is 1. The van der Waals surface area contributed by atoms with E-state index in [2.05, 4.69) is 10.6 Å². The van der Waals surface area contributed by atoms with Crippen molar-refractivity contribution in [3.63, 3.8) is 0 Å². The molecule has 2 N–H and O–H groups in total. The Bertz CT molecular complexity index is 502. The van der Waals surface area contributed by atoms with Crippen LogP contribution in [0.3, 0.4) is 0 Å². The summed E-state index contributed by atoms with van der Waals surface area (Å²) in [4.78, 5) is 25.2. The first-order valence-corrected chi connectivity index (χ1v) is 7.44. The van der Waals surface area contributed by atoms with Crippen LogP contribution in [-0.4, -0.2) is 36.5 Å². The van der Waals surface area contributed by atoms with Crippen LogP contribution < -0.4 is 10.6 Å². The molecule has 0 aromatic heterocycles. The van der Waals surface area contributed by atoms with Gasteiger partial charge in [0.05, 0.1) is 10.7 Å². The van der Waals surface area contributed by atoms with E-state index in [0.29, 0.717) is 30.3 Å². The molecule has 0 heterocycles. The minimum Gasteiger partial charge on any atom is -0.337 e. The van der Waals surface area contributed by atoms with Gasteiger partial charge in [-0.3, -0.25) is 4.79 Å². The molecule has 0 radical (unpaired) electrons. The van der Waals surface area contributed by atoms with Gasteiger partial charge in [0.25, 0.3) is 0 Å². The molecule has 0 spiro atoms. The molecular formula is C15H22ClN3O2. The summed E-state index contributed by atoms with van der Waals surface area (Å²) in [7, 11) is 0. The lowest BCUT2D eigenvalue weighted by atomic mass is 10.2. The van der Waals surface area contributed by atoms with E-state index in [9.17, 15) is 9.59 Å². The number of aryl methyl sites for hydroxylation is 1. The predicted octanol–water partition coefficient (Wildman–Crippen LogP) is 3.03. The normalized spacial score (nSPS) is 10.1. The van der Waals surface area contributed by atoms with Gasteiger partial charge in [0, 0.05) is 26.1 Å². The molecule has 0 aliphatic heterocycles. The fraction of sp³-hybridized carbons (Fsp3) is 0.467. The first-order valence-electron chi connectivity index (χ1n) is 7.06. The first-order chi connectivity index (χ1) is 9.97. The van der Waals surface area contributed by atoms with Crippen LogP contribution in [0.25, 0.3) is 0 Å². The highest BCUT2D eigenvalue weighted by molar-refractivity contribution is 6.33. The molecule has 0 bridgehead atoms. The highest BCUT2D eigenvalue weighted by Gasteiger charge is 2.10. The summed E-state index contributed by atoms with van der Waals surface area (Å²) >= 11 is 6.05. The molecule has 0 atom stereocenters. The molecule has 1 aromatic rings. The Kier molecular flexibility index (Phi) is 7.02. The lowest BCUT2D eigenvalue weighted by molar-refractivity contribution is -0.116. The van der Waals surface area contributed by atoms with E-state index < -0.39 is 0 Å². The average Bonchev–Trinajstić information content (AvgIpc) is 2.43. The molecule has 5 nitrogen and oxygen atoms in total. The van der Waals surface area contributed by atoms with E-state index in [0.717, 1.165) is 5.56 Å². The van der Waals surface area contributed by atoms with Crippen LogP contribution in [0.5, 0.6) is 0 Å². The van der Waals surface area contributed by atoms with E-state index in [-0.39, 0.29) is 18.4 Å². The molecule has 0 fully saturated rings. The molecule has 1 aromatic carbocycles. The molecule has 1 rings (SSSR count). The second-order valence-corrected chi connectivity index (χ2v) is 5.09. The molecule has 0 aliphatic rings. The van der Waals surface area contributed by atoms with Crippen molar-refractivity contribution in [1.82, 2.24) is 10.2 Å². The van der Waals surface area contributed by atoms with Gasteiger partial charge in [0.2, 0.25) is 5.91 Å². The van der Waals surface area contributed by atoms with Gasteiger partial charge in [-0.25, -0.2) is 4.79 Å². The van der Waals surface area contributed by atoms with Crippen molar-refractivity contribution in [3.8, 4) is 0 Å². The Balaban J connectivity index is 2.39.